The van der Waals surface area contributed by atoms with Crippen LogP contribution in [0.5, 0.6) is 11.5 Å². The van der Waals surface area contributed by atoms with E-state index in [1.807, 2.05) is 24.3 Å². The Morgan fingerprint density at radius 1 is 1.06 bits per heavy atom. The maximum Gasteiger partial charge on any atom is 0.308 e. The molecule has 0 atom stereocenters. The van der Waals surface area contributed by atoms with Gasteiger partial charge in [0.15, 0.2) is 11.6 Å². The molecule has 18 heavy (non-hydrogen) atoms. The molecule has 0 aliphatic rings. The third-order valence-electron chi connectivity index (χ3n) is 2.24. The zero-order valence-corrected chi connectivity index (χ0v) is 10.1. The third kappa shape index (κ3) is 2.82. The highest BCUT2D eigenvalue weighted by Crippen LogP contribution is 2.19. The number of methoxy groups -OCH3 is 1. The second kappa shape index (κ2) is 5.27. The molecule has 0 radical (unpaired) electrons. The number of carbonyl (C=O) groups is 1. The average molecular weight is 244 g/mol. The zero-order chi connectivity index (χ0) is 13.0. The minimum Gasteiger partial charge on any atom is -0.497 e. The first-order valence-corrected chi connectivity index (χ1v) is 5.34. The highest BCUT2D eigenvalue weighted by atomic mass is 16.5. The molecule has 0 unspecified atom stereocenters. The van der Waals surface area contributed by atoms with Gasteiger partial charge in [-0.3, -0.25) is 4.79 Å². The van der Waals surface area contributed by atoms with Crippen molar-refractivity contribution in [1.29, 1.82) is 0 Å². The second-order valence-corrected chi connectivity index (χ2v) is 3.56. The number of rotatable bonds is 3. The molecule has 0 spiro atoms. The second-order valence-electron chi connectivity index (χ2n) is 3.56. The van der Waals surface area contributed by atoms with Crippen LogP contribution in [-0.2, 0) is 4.79 Å². The molecule has 5 nitrogen and oxygen atoms in total. The first kappa shape index (κ1) is 12.0. The van der Waals surface area contributed by atoms with Crippen molar-refractivity contribution in [3.63, 3.8) is 0 Å². The highest BCUT2D eigenvalue weighted by molar-refractivity contribution is 5.69. The maximum absolute atomic E-state index is 10.7. The van der Waals surface area contributed by atoms with Crippen molar-refractivity contribution in [1.82, 2.24) is 9.97 Å². The molecular weight excluding hydrogens is 232 g/mol. The van der Waals surface area contributed by atoms with Gasteiger partial charge in [0.2, 0.25) is 0 Å². The van der Waals surface area contributed by atoms with E-state index in [9.17, 15) is 4.79 Å². The van der Waals surface area contributed by atoms with E-state index < -0.39 is 5.97 Å². The first-order valence-electron chi connectivity index (χ1n) is 5.34. The van der Waals surface area contributed by atoms with E-state index in [0.717, 1.165) is 11.3 Å². The molecule has 0 amide bonds. The monoisotopic (exact) mass is 244 g/mol. The Kier molecular flexibility index (Phi) is 3.52. The maximum atomic E-state index is 10.7. The van der Waals surface area contributed by atoms with Crippen molar-refractivity contribution in [3.8, 4) is 22.9 Å². The molecule has 92 valence electrons. The summed E-state index contributed by atoms with van der Waals surface area (Å²) in [6.45, 7) is 1.33. The van der Waals surface area contributed by atoms with Gasteiger partial charge in [0.1, 0.15) is 5.75 Å². The minimum atomic E-state index is -0.393. The van der Waals surface area contributed by atoms with E-state index in [2.05, 4.69) is 9.97 Å². The molecule has 1 heterocycles. The first-order chi connectivity index (χ1) is 8.69. The number of hydrogen-bond donors (Lipinski definition) is 0. The fraction of sp³-hybridized carbons (Fsp3) is 0.154. The number of benzene rings is 1. The quantitative estimate of drug-likeness (QED) is 0.773. The summed E-state index contributed by atoms with van der Waals surface area (Å²) in [6, 6.07) is 7.39. The standard InChI is InChI=1S/C13H12N2O3/c1-9(16)18-12-7-14-13(15-8-12)10-3-5-11(17-2)6-4-10/h3-8H,1-2H3. The molecule has 0 saturated heterocycles. The van der Waals surface area contributed by atoms with Crippen molar-refractivity contribution < 1.29 is 14.3 Å². The highest BCUT2D eigenvalue weighted by Gasteiger charge is 2.03. The van der Waals surface area contributed by atoms with Gasteiger partial charge in [-0.15, -0.1) is 0 Å². The van der Waals surface area contributed by atoms with Crippen molar-refractivity contribution in [2.45, 2.75) is 6.92 Å². The van der Waals surface area contributed by atoms with Gasteiger partial charge in [-0.2, -0.15) is 0 Å². The van der Waals surface area contributed by atoms with E-state index in [0.29, 0.717) is 11.6 Å². The van der Waals surface area contributed by atoms with Crippen LogP contribution in [0.3, 0.4) is 0 Å². The fourth-order valence-corrected chi connectivity index (χ4v) is 1.42. The molecule has 0 saturated carbocycles. The molecule has 0 N–H and O–H groups in total. The molecule has 2 aromatic rings. The zero-order valence-electron chi connectivity index (χ0n) is 10.1. The van der Waals surface area contributed by atoms with Crippen LogP contribution in [0, 0.1) is 0 Å². The van der Waals surface area contributed by atoms with Gasteiger partial charge in [0.25, 0.3) is 0 Å². The topological polar surface area (TPSA) is 61.3 Å². The Hall–Kier alpha value is -2.43. The minimum absolute atomic E-state index is 0.333. The molecule has 2 rings (SSSR count). The van der Waals surface area contributed by atoms with Crippen LogP contribution < -0.4 is 9.47 Å². The van der Waals surface area contributed by atoms with Crippen LogP contribution in [-0.4, -0.2) is 23.0 Å². The molecule has 0 aliphatic carbocycles. The van der Waals surface area contributed by atoms with Crippen LogP contribution in [0.1, 0.15) is 6.92 Å². The fourth-order valence-electron chi connectivity index (χ4n) is 1.42. The van der Waals surface area contributed by atoms with E-state index in [-0.39, 0.29) is 0 Å². The van der Waals surface area contributed by atoms with Gasteiger partial charge in [-0.1, -0.05) is 0 Å². The Morgan fingerprint density at radius 3 is 2.17 bits per heavy atom. The normalized spacial score (nSPS) is 9.89. The molecule has 1 aromatic heterocycles. The van der Waals surface area contributed by atoms with Gasteiger partial charge in [-0.05, 0) is 24.3 Å². The van der Waals surface area contributed by atoms with Gasteiger partial charge in [-0.25, -0.2) is 9.97 Å². The molecule has 0 bridgehead atoms. The van der Waals surface area contributed by atoms with Crippen LogP contribution in [0.4, 0.5) is 0 Å². The van der Waals surface area contributed by atoms with Gasteiger partial charge < -0.3 is 9.47 Å². The van der Waals surface area contributed by atoms with Gasteiger partial charge in [0, 0.05) is 12.5 Å². The molecule has 1 aromatic carbocycles. The van der Waals surface area contributed by atoms with Crippen LogP contribution in [0.25, 0.3) is 11.4 Å². The van der Waals surface area contributed by atoms with E-state index in [4.69, 9.17) is 9.47 Å². The molecule has 0 aliphatic heterocycles. The Bertz CT molecular complexity index is 535. The van der Waals surface area contributed by atoms with Crippen LogP contribution in [0.2, 0.25) is 0 Å². The van der Waals surface area contributed by atoms with E-state index >= 15 is 0 Å². The number of hydrogen-bond acceptors (Lipinski definition) is 5. The summed E-state index contributed by atoms with van der Waals surface area (Å²) in [5.74, 6) is 1.28. The lowest BCUT2D eigenvalue weighted by molar-refractivity contribution is -0.131. The predicted molar refractivity (Wildman–Crippen MR) is 65.3 cm³/mol. The number of ether oxygens (including phenoxy) is 2. The van der Waals surface area contributed by atoms with Crippen molar-refractivity contribution in [3.05, 3.63) is 36.7 Å². The molecular formula is C13H12N2O3. The summed E-state index contributed by atoms with van der Waals surface area (Å²) in [5.41, 5.74) is 0.866. The number of aromatic nitrogens is 2. The third-order valence-corrected chi connectivity index (χ3v) is 2.24. The lowest BCUT2D eigenvalue weighted by Gasteiger charge is -2.03. The lowest BCUT2D eigenvalue weighted by atomic mass is 10.2. The number of nitrogens with zero attached hydrogens (tertiary/aromatic N) is 2. The summed E-state index contributed by atoms with van der Waals surface area (Å²) in [7, 11) is 1.61. The largest absolute Gasteiger partial charge is 0.497 e. The summed E-state index contributed by atoms with van der Waals surface area (Å²) in [5, 5.41) is 0. The summed E-state index contributed by atoms with van der Waals surface area (Å²) < 4.78 is 9.93. The van der Waals surface area contributed by atoms with Crippen molar-refractivity contribution in [2.24, 2.45) is 0 Å². The Labute approximate surface area is 104 Å². The molecule has 5 heteroatoms. The van der Waals surface area contributed by atoms with Crippen molar-refractivity contribution >= 4 is 5.97 Å². The van der Waals surface area contributed by atoms with Crippen molar-refractivity contribution in [2.75, 3.05) is 7.11 Å². The number of esters is 1. The summed E-state index contributed by atoms with van der Waals surface area (Å²) >= 11 is 0. The Balaban J connectivity index is 2.20. The van der Waals surface area contributed by atoms with Crippen LogP contribution in [0.15, 0.2) is 36.7 Å². The predicted octanol–water partition coefficient (Wildman–Crippen LogP) is 2.08. The van der Waals surface area contributed by atoms with E-state index in [1.54, 1.807) is 7.11 Å². The molecule has 0 fully saturated rings. The lowest BCUT2D eigenvalue weighted by Crippen LogP contribution is -2.02. The average Bonchev–Trinajstić information content (AvgIpc) is 2.39. The summed E-state index contributed by atoms with van der Waals surface area (Å²) in [4.78, 5) is 19.0. The van der Waals surface area contributed by atoms with E-state index in [1.165, 1.54) is 19.3 Å². The SMILES string of the molecule is COc1ccc(-c2ncc(OC(C)=O)cn2)cc1. The number of carbonyl (C=O) groups excluding carboxylic acids is 1. The van der Waals surface area contributed by atoms with Gasteiger partial charge in [0.05, 0.1) is 19.5 Å². The smallest absolute Gasteiger partial charge is 0.308 e. The Morgan fingerprint density at radius 2 is 1.67 bits per heavy atom. The summed E-state index contributed by atoms with van der Waals surface area (Å²) in [6.07, 6.45) is 2.93. The van der Waals surface area contributed by atoms with Gasteiger partial charge >= 0.3 is 5.97 Å². The van der Waals surface area contributed by atoms with Crippen LogP contribution >= 0.6 is 0 Å².